The fourth-order valence-corrected chi connectivity index (χ4v) is 3.96. The number of carbonyl (C=O) groups is 2. The van der Waals surface area contributed by atoms with Crippen LogP contribution in [-0.2, 0) is 0 Å². The summed E-state index contributed by atoms with van der Waals surface area (Å²) in [7, 11) is 0. The molecule has 5 rings (SSSR count). The van der Waals surface area contributed by atoms with Gasteiger partial charge in [0, 0.05) is 23.5 Å². The number of fused-ring (bicyclic) bond motifs is 1. The van der Waals surface area contributed by atoms with E-state index in [1.165, 1.54) is 34.1 Å². The Labute approximate surface area is 193 Å². The van der Waals surface area contributed by atoms with Crippen molar-refractivity contribution >= 4 is 34.8 Å². The standard InChI is InChI=1S/C23H21FN8O2/c1-12-3-2-4-18(29-12)30-23(34)32(14-6-7-14)17-8-5-13(9-16(17)24)19-15(22(26)33)10-31-20(19)21(25)27-11-28-31/h2-5,8-11,14H,6-7H2,1H3,(H2,26,33)(H2,25,27,28)(H,29,30,34). The predicted molar refractivity (Wildman–Crippen MR) is 125 cm³/mol. The fraction of sp³-hybridized carbons (Fsp3) is 0.174. The molecule has 0 aliphatic heterocycles. The number of pyridine rings is 1. The van der Waals surface area contributed by atoms with Crippen molar-refractivity contribution in [3.8, 4) is 11.1 Å². The molecule has 34 heavy (non-hydrogen) atoms. The Kier molecular flexibility index (Phi) is 5.08. The highest BCUT2D eigenvalue weighted by Gasteiger charge is 2.36. The van der Waals surface area contributed by atoms with Gasteiger partial charge in [0.15, 0.2) is 5.82 Å². The molecule has 1 aliphatic carbocycles. The number of aromatic nitrogens is 4. The number of halogens is 1. The van der Waals surface area contributed by atoms with Gasteiger partial charge in [-0.05, 0) is 49.6 Å². The molecule has 3 aromatic heterocycles. The quantitative estimate of drug-likeness (QED) is 0.417. The Hall–Kier alpha value is -4.54. The molecule has 0 radical (unpaired) electrons. The molecule has 10 nitrogen and oxygen atoms in total. The topological polar surface area (TPSA) is 145 Å². The van der Waals surface area contributed by atoms with Gasteiger partial charge >= 0.3 is 6.03 Å². The summed E-state index contributed by atoms with van der Waals surface area (Å²) in [5.41, 5.74) is 13.6. The summed E-state index contributed by atoms with van der Waals surface area (Å²) in [6.07, 6.45) is 4.20. The lowest BCUT2D eigenvalue weighted by atomic mass is 10.0. The molecule has 0 spiro atoms. The summed E-state index contributed by atoms with van der Waals surface area (Å²) in [5, 5.41) is 6.80. The molecule has 1 saturated carbocycles. The van der Waals surface area contributed by atoms with Gasteiger partial charge in [-0.1, -0.05) is 12.1 Å². The van der Waals surface area contributed by atoms with Gasteiger partial charge in [-0.3, -0.25) is 15.0 Å². The van der Waals surface area contributed by atoms with Gasteiger partial charge in [-0.25, -0.2) is 23.7 Å². The van der Waals surface area contributed by atoms with Crippen LogP contribution in [0.5, 0.6) is 0 Å². The van der Waals surface area contributed by atoms with E-state index in [4.69, 9.17) is 11.5 Å². The smallest absolute Gasteiger partial charge is 0.327 e. The second-order valence-electron chi connectivity index (χ2n) is 8.08. The van der Waals surface area contributed by atoms with Crippen molar-refractivity contribution in [1.82, 2.24) is 19.6 Å². The summed E-state index contributed by atoms with van der Waals surface area (Å²) < 4.78 is 16.8. The van der Waals surface area contributed by atoms with Crippen LogP contribution in [0, 0.1) is 12.7 Å². The van der Waals surface area contributed by atoms with E-state index in [1.54, 1.807) is 18.2 Å². The van der Waals surface area contributed by atoms with Crippen molar-refractivity contribution in [2.75, 3.05) is 16.0 Å². The molecule has 1 aromatic carbocycles. The molecule has 0 unspecified atom stereocenters. The fourth-order valence-electron chi connectivity index (χ4n) is 3.96. The second kappa shape index (κ2) is 8.10. The van der Waals surface area contributed by atoms with E-state index in [2.05, 4.69) is 20.4 Å². The monoisotopic (exact) mass is 460 g/mol. The van der Waals surface area contributed by atoms with Crippen LogP contribution in [0.25, 0.3) is 16.6 Å². The van der Waals surface area contributed by atoms with E-state index in [-0.39, 0.29) is 23.1 Å². The maximum absolute atomic E-state index is 15.5. The average molecular weight is 460 g/mol. The van der Waals surface area contributed by atoms with Gasteiger partial charge in [-0.15, -0.1) is 0 Å². The number of nitrogens with zero attached hydrogens (tertiary/aromatic N) is 5. The Bertz CT molecular complexity index is 1450. The van der Waals surface area contributed by atoms with E-state index in [0.29, 0.717) is 22.5 Å². The van der Waals surface area contributed by atoms with Crippen LogP contribution in [-0.4, -0.2) is 37.6 Å². The predicted octanol–water partition coefficient (Wildman–Crippen LogP) is 3.12. The number of urea groups is 1. The number of hydrogen-bond acceptors (Lipinski definition) is 6. The summed E-state index contributed by atoms with van der Waals surface area (Å²) in [5.74, 6) is -0.850. The van der Waals surface area contributed by atoms with Crippen LogP contribution in [0.3, 0.4) is 0 Å². The molecular formula is C23H21FN8O2. The third-order valence-corrected chi connectivity index (χ3v) is 5.62. The number of anilines is 3. The number of nitrogens with one attached hydrogen (secondary N) is 1. The second-order valence-corrected chi connectivity index (χ2v) is 8.08. The molecule has 0 bridgehead atoms. The summed E-state index contributed by atoms with van der Waals surface area (Å²) in [6.45, 7) is 1.82. The molecule has 4 aromatic rings. The van der Waals surface area contributed by atoms with Crippen molar-refractivity contribution in [1.29, 1.82) is 0 Å². The Balaban J connectivity index is 1.54. The van der Waals surface area contributed by atoms with Crippen LogP contribution in [0.15, 0.2) is 48.9 Å². The third kappa shape index (κ3) is 3.76. The Morgan fingerprint density at radius 1 is 1.24 bits per heavy atom. The van der Waals surface area contributed by atoms with E-state index >= 15 is 4.39 Å². The Morgan fingerprint density at radius 3 is 2.71 bits per heavy atom. The molecule has 5 N–H and O–H groups in total. The van der Waals surface area contributed by atoms with Crippen LogP contribution < -0.4 is 21.7 Å². The number of benzene rings is 1. The maximum Gasteiger partial charge on any atom is 0.327 e. The van der Waals surface area contributed by atoms with Gasteiger partial charge in [0.1, 0.15) is 23.5 Å². The van der Waals surface area contributed by atoms with E-state index in [9.17, 15) is 9.59 Å². The van der Waals surface area contributed by atoms with E-state index in [1.807, 2.05) is 13.0 Å². The number of aryl methyl sites for hydroxylation is 1. The normalized spacial score (nSPS) is 13.1. The lowest BCUT2D eigenvalue weighted by Crippen LogP contribution is -2.37. The number of hydrogen-bond donors (Lipinski definition) is 3. The van der Waals surface area contributed by atoms with Gasteiger partial charge in [0.05, 0.1) is 11.3 Å². The van der Waals surface area contributed by atoms with Crippen molar-refractivity contribution in [2.24, 2.45) is 5.73 Å². The lowest BCUT2D eigenvalue weighted by Gasteiger charge is -2.23. The van der Waals surface area contributed by atoms with Crippen molar-refractivity contribution in [2.45, 2.75) is 25.8 Å². The molecular weight excluding hydrogens is 439 g/mol. The molecule has 0 atom stereocenters. The summed E-state index contributed by atoms with van der Waals surface area (Å²) in [6, 6.07) is 9.03. The number of primary amides is 1. The first kappa shape index (κ1) is 21.3. The van der Waals surface area contributed by atoms with Crippen LogP contribution in [0.1, 0.15) is 28.9 Å². The highest BCUT2D eigenvalue weighted by molar-refractivity contribution is 6.07. The molecule has 11 heteroatoms. The summed E-state index contributed by atoms with van der Waals surface area (Å²) in [4.78, 5) is 34.8. The number of nitrogens with two attached hydrogens (primary N) is 2. The highest BCUT2D eigenvalue weighted by atomic mass is 19.1. The molecule has 0 saturated heterocycles. The number of nitrogen functional groups attached to an aromatic ring is 1. The van der Waals surface area contributed by atoms with E-state index < -0.39 is 17.8 Å². The first-order valence-electron chi connectivity index (χ1n) is 10.6. The lowest BCUT2D eigenvalue weighted by molar-refractivity contribution is 0.100. The van der Waals surface area contributed by atoms with Gasteiger partial charge in [0.2, 0.25) is 0 Å². The molecule has 3 amide bonds. The van der Waals surface area contributed by atoms with Crippen LogP contribution in [0.2, 0.25) is 0 Å². The van der Waals surface area contributed by atoms with Crippen molar-refractivity contribution in [3.63, 3.8) is 0 Å². The molecule has 3 heterocycles. The number of rotatable bonds is 5. The molecule has 1 aliphatic rings. The minimum Gasteiger partial charge on any atom is -0.382 e. The third-order valence-electron chi connectivity index (χ3n) is 5.62. The van der Waals surface area contributed by atoms with E-state index in [0.717, 1.165) is 18.5 Å². The van der Waals surface area contributed by atoms with Gasteiger partial charge < -0.3 is 11.5 Å². The summed E-state index contributed by atoms with van der Waals surface area (Å²) >= 11 is 0. The first-order chi connectivity index (χ1) is 16.3. The maximum atomic E-state index is 15.5. The zero-order chi connectivity index (χ0) is 24.0. The largest absolute Gasteiger partial charge is 0.382 e. The Morgan fingerprint density at radius 2 is 2.03 bits per heavy atom. The highest BCUT2D eigenvalue weighted by Crippen LogP contribution is 2.38. The van der Waals surface area contributed by atoms with Crippen molar-refractivity contribution in [3.05, 3.63) is 66.0 Å². The number of amides is 3. The first-order valence-corrected chi connectivity index (χ1v) is 10.6. The minimum atomic E-state index is -0.714. The molecule has 1 fully saturated rings. The number of carbonyl (C=O) groups excluding carboxylic acids is 2. The minimum absolute atomic E-state index is 0.116. The van der Waals surface area contributed by atoms with Crippen LogP contribution >= 0.6 is 0 Å². The van der Waals surface area contributed by atoms with Gasteiger partial charge in [0.25, 0.3) is 5.91 Å². The van der Waals surface area contributed by atoms with Gasteiger partial charge in [-0.2, -0.15) is 5.10 Å². The zero-order valence-electron chi connectivity index (χ0n) is 18.2. The van der Waals surface area contributed by atoms with Crippen LogP contribution in [0.4, 0.5) is 26.5 Å². The SMILES string of the molecule is Cc1cccc(NC(=O)N(c2ccc(-c3c(C(N)=O)cn4ncnc(N)c34)cc2F)C2CC2)n1. The average Bonchev–Trinajstić information content (AvgIpc) is 3.53. The zero-order valence-corrected chi connectivity index (χ0v) is 18.2. The molecule has 172 valence electrons. The van der Waals surface area contributed by atoms with Crippen molar-refractivity contribution < 1.29 is 14.0 Å².